The largest absolute Gasteiger partial charge is 0.0622 e. The van der Waals surface area contributed by atoms with Crippen molar-refractivity contribution in [3.63, 3.8) is 0 Å². The van der Waals surface area contributed by atoms with E-state index in [-0.39, 0.29) is 0 Å². The summed E-state index contributed by atoms with van der Waals surface area (Å²) in [5.41, 5.74) is 3.20. The number of hydrogen-bond acceptors (Lipinski definition) is 0. The highest BCUT2D eigenvalue weighted by atomic mass is 14.4. The van der Waals surface area contributed by atoms with Crippen LogP contribution in [0.2, 0.25) is 0 Å². The molecule has 0 nitrogen and oxygen atoms in total. The molecule has 0 saturated heterocycles. The van der Waals surface area contributed by atoms with Gasteiger partial charge in [0.2, 0.25) is 0 Å². The van der Waals surface area contributed by atoms with Crippen molar-refractivity contribution in [2.24, 2.45) is 11.8 Å². The smallest absolute Gasteiger partial charge is 0.0128 e. The zero-order chi connectivity index (χ0) is 18.3. The van der Waals surface area contributed by atoms with E-state index in [4.69, 9.17) is 0 Å². The molecule has 0 spiro atoms. The van der Waals surface area contributed by atoms with Crippen molar-refractivity contribution < 1.29 is 0 Å². The SMILES string of the molecule is c1ccc(C(CC(c2ccccc2)C2CCCCC2)C2CCCCC2)cc1. The maximum atomic E-state index is 2.40. The molecule has 0 N–H and O–H groups in total. The molecule has 144 valence electrons. The lowest BCUT2D eigenvalue weighted by molar-refractivity contribution is 0.237. The Kier molecular flexibility index (Phi) is 6.67. The number of rotatable bonds is 6. The van der Waals surface area contributed by atoms with Gasteiger partial charge in [0.15, 0.2) is 0 Å². The van der Waals surface area contributed by atoms with E-state index in [0.29, 0.717) is 0 Å². The first kappa shape index (κ1) is 18.8. The van der Waals surface area contributed by atoms with Crippen LogP contribution in [-0.2, 0) is 0 Å². The molecule has 2 unspecified atom stereocenters. The zero-order valence-corrected chi connectivity index (χ0v) is 16.9. The minimum atomic E-state index is 0.735. The predicted octanol–water partition coefficient (Wildman–Crippen LogP) is 8.10. The van der Waals surface area contributed by atoms with E-state index < -0.39 is 0 Å². The van der Waals surface area contributed by atoms with Gasteiger partial charge in [-0.1, -0.05) is 99.2 Å². The summed E-state index contributed by atoms with van der Waals surface area (Å²) in [6, 6.07) is 23.0. The maximum absolute atomic E-state index is 2.40. The summed E-state index contributed by atoms with van der Waals surface area (Å²) in [5.74, 6) is 3.24. The van der Waals surface area contributed by atoms with Crippen molar-refractivity contribution in [1.82, 2.24) is 0 Å². The van der Waals surface area contributed by atoms with Crippen molar-refractivity contribution in [3.8, 4) is 0 Å². The molecule has 0 aromatic heterocycles. The molecule has 2 aromatic rings. The third kappa shape index (κ3) is 4.84. The maximum Gasteiger partial charge on any atom is -0.0128 e. The van der Waals surface area contributed by atoms with E-state index in [2.05, 4.69) is 60.7 Å². The van der Waals surface area contributed by atoms with E-state index in [1.54, 1.807) is 11.1 Å². The van der Waals surface area contributed by atoms with Crippen LogP contribution in [0.4, 0.5) is 0 Å². The topological polar surface area (TPSA) is 0 Å². The van der Waals surface area contributed by atoms with Crippen molar-refractivity contribution in [1.29, 1.82) is 0 Å². The summed E-state index contributed by atoms with van der Waals surface area (Å²) in [6.07, 6.45) is 15.7. The van der Waals surface area contributed by atoms with Crippen molar-refractivity contribution >= 4 is 0 Å². The molecule has 0 heterocycles. The molecule has 2 aromatic carbocycles. The lowest BCUT2D eigenvalue weighted by atomic mass is 9.67. The minimum Gasteiger partial charge on any atom is -0.0622 e. The molecule has 0 radical (unpaired) electrons. The molecule has 0 heteroatoms. The quantitative estimate of drug-likeness (QED) is 0.488. The molecule has 4 rings (SSSR count). The van der Waals surface area contributed by atoms with Gasteiger partial charge in [-0.15, -0.1) is 0 Å². The van der Waals surface area contributed by atoms with Gasteiger partial charge in [-0.2, -0.15) is 0 Å². The highest BCUT2D eigenvalue weighted by Gasteiger charge is 2.32. The summed E-state index contributed by atoms with van der Waals surface area (Å²) in [5, 5.41) is 0. The van der Waals surface area contributed by atoms with Crippen LogP contribution in [0.15, 0.2) is 60.7 Å². The minimum absolute atomic E-state index is 0.735. The van der Waals surface area contributed by atoms with Crippen LogP contribution in [0.3, 0.4) is 0 Å². The highest BCUT2D eigenvalue weighted by molar-refractivity contribution is 5.25. The van der Waals surface area contributed by atoms with Gasteiger partial charge in [-0.3, -0.25) is 0 Å². The van der Waals surface area contributed by atoms with Crippen LogP contribution in [0.25, 0.3) is 0 Å². The lowest BCUT2D eigenvalue weighted by Crippen LogP contribution is -2.23. The number of hydrogen-bond donors (Lipinski definition) is 0. The molecule has 2 fully saturated rings. The Bertz CT molecular complexity index is 587. The third-order valence-corrected chi connectivity index (χ3v) is 7.40. The van der Waals surface area contributed by atoms with Crippen molar-refractivity contribution in [3.05, 3.63) is 71.8 Å². The first-order valence-corrected chi connectivity index (χ1v) is 11.5. The Morgan fingerprint density at radius 1 is 0.519 bits per heavy atom. The Hall–Kier alpha value is -1.56. The third-order valence-electron chi connectivity index (χ3n) is 7.40. The molecular formula is C27H36. The summed E-state index contributed by atoms with van der Waals surface area (Å²) in [7, 11) is 0. The molecule has 27 heavy (non-hydrogen) atoms. The van der Waals surface area contributed by atoms with Crippen LogP contribution in [0.1, 0.15) is 93.6 Å². The van der Waals surface area contributed by atoms with E-state index in [1.165, 1.54) is 70.6 Å². The van der Waals surface area contributed by atoms with Crippen molar-refractivity contribution in [2.75, 3.05) is 0 Å². The average molecular weight is 361 g/mol. The average Bonchev–Trinajstić information content (AvgIpc) is 2.77. The van der Waals surface area contributed by atoms with Crippen molar-refractivity contribution in [2.45, 2.75) is 82.5 Å². The summed E-state index contributed by atoms with van der Waals surface area (Å²) >= 11 is 0. The fourth-order valence-electron chi connectivity index (χ4n) is 5.95. The van der Waals surface area contributed by atoms with Gasteiger partial charge in [-0.05, 0) is 66.9 Å². The molecule has 0 amide bonds. The molecule has 0 bridgehead atoms. The second kappa shape index (κ2) is 9.58. The summed E-state index contributed by atoms with van der Waals surface area (Å²) in [4.78, 5) is 0. The van der Waals surface area contributed by atoms with Gasteiger partial charge in [0.05, 0.1) is 0 Å². The summed E-state index contributed by atoms with van der Waals surface area (Å²) < 4.78 is 0. The second-order valence-electron chi connectivity index (χ2n) is 9.07. The van der Waals surface area contributed by atoms with E-state index >= 15 is 0 Å². The second-order valence-corrected chi connectivity index (χ2v) is 9.07. The molecule has 2 aliphatic carbocycles. The van der Waals surface area contributed by atoms with Gasteiger partial charge in [-0.25, -0.2) is 0 Å². The Balaban J connectivity index is 1.62. The van der Waals surface area contributed by atoms with Gasteiger partial charge >= 0.3 is 0 Å². The normalized spacial score (nSPS) is 21.6. The predicted molar refractivity (Wildman–Crippen MR) is 116 cm³/mol. The number of benzene rings is 2. The van der Waals surface area contributed by atoms with E-state index in [0.717, 1.165) is 23.7 Å². The van der Waals surface area contributed by atoms with Gasteiger partial charge in [0, 0.05) is 0 Å². The first-order valence-electron chi connectivity index (χ1n) is 11.5. The van der Waals surface area contributed by atoms with Crippen LogP contribution < -0.4 is 0 Å². The zero-order valence-electron chi connectivity index (χ0n) is 16.9. The molecule has 0 aliphatic heterocycles. The van der Waals surface area contributed by atoms with Gasteiger partial charge in [0.25, 0.3) is 0 Å². The van der Waals surface area contributed by atoms with E-state index in [9.17, 15) is 0 Å². The highest BCUT2D eigenvalue weighted by Crippen LogP contribution is 2.46. The standard InChI is InChI=1S/C27H36/c1-5-13-22(14-6-1)26(23-15-7-2-8-16-23)21-27(24-17-9-3-10-18-24)25-19-11-4-12-20-25/h1,3,5-6,9-10,13-14,17-18,23,25-27H,2,4,7-8,11-12,15-16,19-21H2. The van der Waals surface area contributed by atoms with Crippen LogP contribution >= 0.6 is 0 Å². The Morgan fingerprint density at radius 2 is 0.889 bits per heavy atom. The Morgan fingerprint density at radius 3 is 1.26 bits per heavy atom. The first-order chi connectivity index (χ1) is 13.4. The molecular weight excluding hydrogens is 324 g/mol. The molecule has 2 atom stereocenters. The van der Waals surface area contributed by atoms with E-state index in [1.807, 2.05) is 0 Å². The molecule has 2 aliphatic rings. The van der Waals surface area contributed by atoms with Crippen LogP contribution in [-0.4, -0.2) is 0 Å². The summed E-state index contributed by atoms with van der Waals surface area (Å²) in [6.45, 7) is 0. The van der Waals surface area contributed by atoms with Crippen LogP contribution in [0, 0.1) is 11.8 Å². The fourth-order valence-corrected chi connectivity index (χ4v) is 5.95. The Labute approximate surface area is 166 Å². The fraction of sp³-hybridized carbons (Fsp3) is 0.556. The lowest BCUT2D eigenvalue weighted by Gasteiger charge is -2.37. The monoisotopic (exact) mass is 360 g/mol. The molecule has 2 saturated carbocycles. The van der Waals surface area contributed by atoms with Gasteiger partial charge in [0.1, 0.15) is 0 Å². The van der Waals surface area contributed by atoms with Gasteiger partial charge < -0.3 is 0 Å². The van der Waals surface area contributed by atoms with Crippen LogP contribution in [0.5, 0.6) is 0 Å².